The Kier molecular flexibility index (Phi) is 1.66. The second-order valence-corrected chi connectivity index (χ2v) is 1.92. The largest absolute Gasteiger partial charge is 0.277 e. The predicted octanol–water partition coefficient (Wildman–Crippen LogP) is -0.405. The molecule has 0 saturated heterocycles. The third-order valence-corrected chi connectivity index (χ3v) is 1.30. The first-order chi connectivity index (χ1) is 4.75. The zero-order valence-corrected chi connectivity index (χ0v) is 5.83. The molecule has 1 amide bonds. The molecule has 0 aliphatic rings. The molecule has 1 heterocycles. The van der Waals surface area contributed by atoms with Crippen LogP contribution >= 0.6 is 0 Å². The molecule has 1 N–H and O–H groups in total. The Hall–Kier alpha value is -1.39. The first-order valence-electron chi connectivity index (χ1n) is 2.85. The molecule has 0 unspecified atom stereocenters. The van der Waals surface area contributed by atoms with E-state index in [1.54, 1.807) is 0 Å². The number of hydrogen-bond acceptors (Lipinski definition) is 3. The van der Waals surface area contributed by atoms with Gasteiger partial charge in [0.1, 0.15) is 0 Å². The van der Waals surface area contributed by atoms with E-state index < -0.39 is 0 Å². The lowest BCUT2D eigenvalue weighted by Crippen LogP contribution is -2.15. The van der Waals surface area contributed by atoms with Crippen molar-refractivity contribution >= 4 is 6.41 Å². The highest BCUT2D eigenvalue weighted by atomic mass is 16.1. The van der Waals surface area contributed by atoms with Gasteiger partial charge in [-0.05, 0) is 19.1 Å². The van der Waals surface area contributed by atoms with Crippen LogP contribution in [0.2, 0.25) is 0 Å². The molecule has 0 saturated carbocycles. The summed E-state index contributed by atoms with van der Waals surface area (Å²) >= 11 is 0. The van der Waals surface area contributed by atoms with E-state index in [1.165, 1.54) is 4.79 Å². The molecule has 0 aliphatic heterocycles. The maximum Gasteiger partial charge on any atom is 0.227 e. The molecule has 0 radical (unpaired) electrons. The van der Waals surface area contributed by atoms with Crippen LogP contribution in [0.25, 0.3) is 0 Å². The molecule has 1 rings (SSSR count). The summed E-state index contributed by atoms with van der Waals surface area (Å²) in [5.74, 6) is 0. The molecule has 0 spiro atoms. The summed E-state index contributed by atoms with van der Waals surface area (Å²) in [4.78, 5) is 11.3. The maximum atomic E-state index is 9.94. The monoisotopic (exact) mass is 140 g/mol. The number of hydrogen-bond donors (Lipinski definition) is 1. The molecule has 0 bridgehead atoms. The van der Waals surface area contributed by atoms with Crippen LogP contribution in [-0.2, 0) is 4.79 Å². The fraction of sp³-hybridized carbons (Fsp3) is 0.400. The zero-order chi connectivity index (χ0) is 7.56. The van der Waals surface area contributed by atoms with Crippen LogP contribution in [0.15, 0.2) is 0 Å². The minimum Gasteiger partial charge on any atom is -0.277 e. The molecule has 10 heavy (non-hydrogen) atoms. The third kappa shape index (κ3) is 0.975. The lowest BCUT2D eigenvalue weighted by Gasteiger charge is -1.96. The number of aromatic nitrogens is 3. The van der Waals surface area contributed by atoms with Crippen molar-refractivity contribution in [3.05, 3.63) is 11.4 Å². The summed E-state index contributed by atoms with van der Waals surface area (Å²) in [7, 11) is 0. The van der Waals surface area contributed by atoms with Gasteiger partial charge < -0.3 is 0 Å². The van der Waals surface area contributed by atoms with E-state index in [-0.39, 0.29) is 0 Å². The topological polar surface area (TPSA) is 59.8 Å². The minimum absolute atomic E-state index is 0.557. The SMILES string of the molecule is Cc1nnn(NC=O)c1C. The molecule has 5 nitrogen and oxygen atoms in total. The van der Waals surface area contributed by atoms with Gasteiger partial charge in [-0.2, -0.15) is 4.79 Å². The van der Waals surface area contributed by atoms with Crippen LogP contribution in [0.5, 0.6) is 0 Å². The molecule has 0 fully saturated rings. The fourth-order valence-electron chi connectivity index (χ4n) is 0.577. The number of nitrogens with one attached hydrogen (secondary N) is 1. The fourth-order valence-corrected chi connectivity index (χ4v) is 0.577. The highest BCUT2D eigenvalue weighted by molar-refractivity contribution is 5.56. The Morgan fingerprint density at radius 1 is 1.60 bits per heavy atom. The molecule has 5 heteroatoms. The molecule has 0 atom stereocenters. The van der Waals surface area contributed by atoms with Crippen LogP contribution in [-0.4, -0.2) is 21.5 Å². The van der Waals surface area contributed by atoms with E-state index in [9.17, 15) is 4.79 Å². The normalized spacial score (nSPS) is 9.40. The number of carbonyl (C=O) groups excluding carboxylic acids is 1. The van der Waals surface area contributed by atoms with Gasteiger partial charge in [-0.15, -0.1) is 5.10 Å². The van der Waals surface area contributed by atoms with Gasteiger partial charge in [0.15, 0.2) is 0 Å². The second-order valence-electron chi connectivity index (χ2n) is 1.92. The van der Waals surface area contributed by atoms with Gasteiger partial charge in [-0.1, -0.05) is 0 Å². The first kappa shape index (κ1) is 6.73. The lowest BCUT2D eigenvalue weighted by molar-refractivity contribution is -0.106. The van der Waals surface area contributed by atoms with Crippen LogP contribution < -0.4 is 5.43 Å². The average molecular weight is 140 g/mol. The van der Waals surface area contributed by atoms with Crippen molar-refractivity contribution in [3.8, 4) is 0 Å². The number of amides is 1. The van der Waals surface area contributed by atoms with E-state index in [0.717, 1.165) is 11.4 Å². The van der Waals surface area contributed by atoms with E-state index in [2.05, 4.69) is 15.7 Å². The Bertz CT molecular complexity index is 242. The molecular formula is C5H8N4O. The number of nitrogens with zero attached hydrogens (tertiary/aromatic N) is 3. The van der Waals surface area contributed by atoms with Crippen molar-refractivity contribution in [2.24, 2.45) is 0 Å². The summed E-state index contributed by atoms with van der Waals surface area (Å²) < 4.78 is 0. The van der Waals surface area contributed by atoms with Gasteiger partial charge in [0.25, 0.3) is 0 Å². The number of aryl methyl sites for hydroxylation is 1. The number of rotatable bonds is 2. The van der Waals surface area contributed by atoms with Crippen molar-refractivity contribution < 1.29 is 4.79 Å². The lowest BCUT2D eigenvalue weighted by atomic mass is 10.4. The minimum atomic E-state index is 0.557. The highest BCUT2D eigenvalue weighted by Crippen LogP contribution is 1.96. The van der Waals surface area contributed by atoms with Gasteiger partial charge in [0.05, 0.1) is 11.4 Å². The maximum absolute atomic E-state index is 9.94. The van der Waals surface area contributed by atoms with Crippen LogP contribution in [0.1, 0.15) is 11.4 Å². The standard InChI is InChI=1S/C5H8N4O/c1-4-5(2)9(6-3-10)8-7-4/h3H,1-2H3,(H,6,10). The third-order valence-electron chi connectivity index (χ3n) is 1.30. The Labute approximate surface area is 58.0 Å². The Morgan fingerprint density at radius 2 is 2.30 bits per heavy atom. The molecule has 1 aromatic rings. The van der Waals surface area contributed by atoms with E-state index in [0.29, 0.717) is 6.41 Å². The summed E-state index contributed by atoms with van der Waals surface area (Å²) in [6.07, 6.45) is 0.557. The predicted molar refractivity (Wildman–Crippen MR) is 34.9 cm³/mol. The molecular weight excluding hydrogens is 132 g/mol. The summed E-state index contributed by atoms with van der Waals surface area (Å²) in [5, 5.41) is 7.36. The number of carbonyl (C=O) groups is 1. The summed E-state index contributed by atoms with van der Waals surface area (Å²) in [6.45, 7) is 3.65. The summed E-state index contributed by atoms with van der Waals surface area (Å²) in [5.41, 5.74) is 4.01. The van der Waals surface area contributed by atoms with Crippen LogP contribution in [0.4, 0.5) is 0 Å². The van der Waals surface area contributed by atoms with Gasteiger partial charge in [-0.25, -0.2) is 5.43 Å². The van der Waals surface area contributed by atoms with Crippen molar-refractivity contribution in [1.82, 2.24) is 15.1 Å². The van der Waals surface area contributed by atoms with Gasteiger partial charge in [0, 0.05) is 0 Å². The van der Waals surface area contributed by atoms with Crippen LogP contribution in [0.3, 0.4) is 0 Å². The first-order valence-corrected chi connectivity index (χ1v) is 2.85. The van der Waals surface area contributed by atoms with Crippen molar-refractivity contribution in [2.75, 3.05) is 5.43 Å². The van der Waals surface area contributed by atoms with E-state index in [4.69, 9.17) is 0 Å². The van der Waals surface area contributed by atoms with Gasteiger partial charge >= 0.3 is 0 Å². The highest BCUT2D eigenvalue weighted by Gasteiger charge is 2.00. The van der Waals surface area contributed by atoms with Crippen molar-refractivity contribution in [1.29, 1.82) is 0 Å². The second kappa shape index (κ2) is 2.47. The van der Waals surface area contributed by atoms with Gasteiger partial charge in [0.2, 0.25) is 6.41 Å². The van der Waals surface area contributed by atoms with E-state index >= 15 is 0 Å². The van der Waals surface area contributed by atoms with E-state index in [1.807, 2.05) is 13.8 Å². The van der Waals surface area contributed by atoms with Crippen molar-refractivity contribution in [3.63, 3.8) is 0 Å². The zero-order valence-electron chi connectivity index (χ0n) is 5.83. The molecule has 0 aliphatic carbocycles. The Morgan fingerprint density at radius 3 is 2.70 bits per heavy atom. The van der Waals surface area contributed by atoms with Crippen molar-refractivity contribution in [2.45, 2.75) is 13.8 Å². The quantitative estimate of drug-likeness (QED) is 0.568. The smallest absolute Gasteiger partial charge is 0.227 e. The Balaban J connectivity index is 2.93. The summed E-state index contributed by atoms with van der Waals surface area (Å²) in [6, 6.07) is 0. The molecule has 54 valence electrons. The van der Waals surface area contributed by atoms with Gasteiger partial charge in [-0.3, -0.25) is 4.79 Å². The molecule has 0 aromatic carbocycles. The van der Waals surface area contributed by atoms with Crippen LogP contribution in [0, 0.1) is 13.8 Å². The average Bonchev–Trinajstić information content (AvgIpc) is 2.20. The molecule has 1 aromatic heterocycles.